The number of carbonyl (C=O) groups excluding carboxylic acids is 2. The third-order valence-electron chi connectivity index (χ3n) is 3.51. The second kappa shape index (κ2) is 6.40. The molecular weight excluding hydrogens is 326 g/mol. The highest BCUT2D eigenvalue weighted by Crippen LogP contribution is 2.24. The Balaban J connectivity index is 2.13. The van der Waals surface area contributed by atoms with Crippen molar-refractivity contribution in [1.29, 1.82) is 0 Å². The molecule has 3 aromatic rings. The number of benzene rings is 2. The fourth-order valence-corrected chi connectivity index (χ4v) is 3.58. The van der Waals surface area contributed by atoms with Crippen molar-refractivity contribution in [2.75, 3.05) is 0 Å². The molecule has 3 rings (SSSR count). The van der Waals surface area contributed by atoms with Gasteiger partial charge in [0.25, 0.3) is 0 Å². The number of hydrogen-bond acceptors (Lipinski definition) is 4. The Morgan fingerprint density at radius 2 is 1.35 bits per heavy atom. The Labute approximate surface area is 142 Å². The number of hydrogen-bond donors (Lipinski definition) is 0. The maximum atomic E-state index is 12.8. The molecule has 5 heteroatoms. The van der Waals surface area contributed by atoms with Crippen molar-refractivity contribution in [2.45, 2.75) is 0 Å². The molecule has 0 atom stereocenters. The normalized spacial score (nSPS) is 10.5. The summed E-state index contributed by atoms with van der Waals surface area (Å²) in [5, 5.41) is 0. The van der Waals surface area contributed by atoms with E-state index in [1.165, 1.54) is 11.3 Å². The van der Waals surface area contributed by atoms with Crippen LogP contribution in [0.2, 0.25) is 0 Å². The van der Waals surface area contributed by atoms with Gasteiger partial charge in [0.2, 0.25) is 11.6 Å². The molecule has 1 heterocycles. The molecule has 1 aromatic heterocycles. The minimum absolute atomic E-state index is 0.179. The fourth-order valence-electron chi connectivity index (χ4n) is 2.30. The molecule has 0 aliphatic carbocycles. The van der Waals surface area contributed by atoms with Crippen molar-refractivity contribution in [3.05, 3.63) is 86.3 Å². The summed E-state index contributed by atoms with van der Waals surface area (Å²) >= 11 is 6.45. The lowest BCUT2D eigenvalue weighted by atomic mass is 10.0. The van der Waals surface area contributed by atoms with Gasteiger partial charge in [0.15, 0.2) is 3.95 Å². The molecule has 0 saturated carbocycles. The van der Waals surface area contributed by atoms with Gasteiger partial charge in [-0.15, -0.1) is 11.3 Å². The third-order valence-corrected chi connectivity index (χ3v) is 5.06. The number of thiazole rings is 1. The van der Waals surface area contributed by atoms with Crippen LogP contribution >= 0.6 is 23.6 Å². The maximum Gasteiger partial charge on any atom is 0.211 e. The van der Waals surface area contributed by atoms with Gasteiger partial charge in [0, 0.05) is 18.2 Å². The SMILES string of the molecule is Cn1c(C(=O)c2ccccc2)c(C(=O)c2ccccc2)sc1=S. The molecule has 0 aliphatic heterocycles. The van der Waals surface area contributed by atoms with Crippen LogP contribution in [0.15, 0.2) is 60.7 Å². The van der Waals surface area contributed by atoms with Crippen LogP contribution in [0, 0.1) is 3.95 Å². The lowest BCUT2D eigenvalue weighted by Gasteiger charge is -2.06. The smallest absolute Gasteiger partial charge is 0.211 e. The van der Waals surface area contributed by atoms with Crippen LogP contribution in [-0.4, -0.2) is 16.1 Å². The van der Waals surface area contributed by atoms with Crippen molar-refractivity contribution in [3.8, 4) is 0 Å². The lowest BCUT2D eigenvalue weighted by Crippen LogP contribution is -2.13. The highest BCUT2D eigenvalue weighted by molar-refractivity contribution is 7.73. The molecule has 0 amide bonds. The maximum absolute atomic E-state index is 12.8. The molecule has 0 spiro atoms. The monoisotopic (exact) mass is 339 g/mol. The first kappa shape index (κ1) is 15.5. The number of nitrogens with zero attached hydrogens (tertiary/aromatic N) is 1. The van der Waals surface area contributed by atoms with E-state index in [0.717, 1.165) is 0 Å². The van der Waals surface area contributed by atoms with Gasteiger partial charge in [-0.2, -0.15) is 0 Å². The Hall–Kier alpha value is -2.37. The summed E-state index contributed by atoms with van der Waals surface area (Å²) in [6.07, 6.45) is 0. The Bertz CT molecular complexity index is 925. The second-order valence-corrected chi connectivity index (χ2v) is 6.64. The highest BCUT2D eigenvalue weighted by atomic mass is 32.1. The summed E-state index contributed by atoms with van der Waals surface area (Å²) in [7, 11) is 1.72. The van der Waals surface area contributed by atoms with Crippen LogP contribution in [0.3, 0.4) is 0 Å². The van der Waals surface area contributed by atoms with E-state index in [2.05, 4.69) is 0 Å². The average Bonchev–Trinajstić information content (AvgIpc) is 2.90. The molecule has 0 aliphatic rings. The zero-order valence-corrected chi connectivity index (χ0v) is 14.0. The third kappa shape index (κ3) is 2.93. The molecule has 0 radical (unpaired) electrons. The predicted octanol–water partition coefficient (Wildman–Crippen LogP) is 4.28. The molecular formula is C18H13NO2S2. The first-order valence-corrected chi connectivity index (χ1v) is 8.21. The summed E-state index contributed by atoms with van der Waals surface area (Å²) in [5.41, 5.74) is 1.43. The van der Waals surface area contributed by atoms with E-state index in [9.17, 15) is 9.59 Å². The van der Waals surface area contributed by atoms with Gasteiger partial charge in [-0.1, -0.05) is 60.7 Å². The number of aromatic nitrogens is 1. The lowest BCUT2D eigenvalue weighted by molar-refractivity contribution is 0.1000. The van der Waals surface area contributed by atoms with Crippen LogP contribution in [0.25, 0.3) is 0 Å². The van der Waals surface area contributed by atoms with Gasteiger partial charge in [-0.25, -0.2) is 0 Å². The van der Waals surface area contributed by atoms with Crippen LogP contribution in [-0.2, 0) is 7.05 Å². The molecule has 0 unspecified atom stereocenters. The zero-order valence-electron chi connectivity index (χ0n) is 12.4. The first-order chi connectivity index (χ1) is 11.1. The first-order valence-electron chi connectivity index (χ1n) is 6.99. The summed E-state index contributed by atoms with van der Waals surface area (Å²) in [4.78, 5) is 26.0. The van der Waals surface area contributed by atoms with Crippen molar-refractivity contribution in [3.63, 3.8) is 0 Å². The summed E-state index contributed by atoms with van der Waals surface area (Å²) in [6.45, 7) is 0. The zero-order chi connectivity index (χ0) is 16.4. The standard InChI is InChI=1S/C18H13NO2S2/c1-19-14(15(20)12-8-4-2-5-9-12)17(23-18(19)22)16(21)13-10-6-3-7-11-13/h2-11H,1H3. The predicted molar refractivity (Wildman–Crippen MR) is 93.9 cm³/mol. The quantitative estimate of drug-likeness (QED) is 0.526. The Kier molecular flexibility index (Phi) is 4.32. The van der Waals surface area contributed by atoms with Crippen molar-refractivity contribution in [1.82, 2.24) is 4.57 Å². The summed E-state index contributed by atoms with van der Waals surface area (Å²) in [5.74, 6) is -0.374. The second-order valence-electron chi connectivity index (χ2n) is 5.00. The van der Waals surface area contributed by atoms with Crippen LogP contribution in [0.4, 0.5) is 0 Å². The van der Waals surface area contributed by atoms with Crippen LogP contribution in [0.1, 0.15) is 31.3 Å². The topological polar surface area (TPSA) is 39.1 Å². The van der Waals surface area contributed by atoms with Gasteiger partial charge in [-0.3, -0.25) is 9.59 Å². The van der Waals surface area contributed by atoms with E-state index >= 15 is 0 Å². The largest absolute Gasteiger partial charge is 0.323 e. The molecule has 2 aromatic carbocycles. The van der Waals surface area contributed by atoms with Crippen molar-refractivity contribution < 1.29 is 9.59 Å². The molecule has 23 heavy (non-hydrogen) atoms. The van der Waals surface area contributed by atoms with Crippen molar-refractivity contribution >= 4 is 35.1 Å². The van der Waals surface area contributed by atoms with Gasteiger partial charge < -0.3 is 4.57 Å². The van der Waals surface area contributed by atoms with E-state index in [0.29, 0.717) is 25.7 Å². The van der Waals surface area contributed by atoms with Crippen LogP contribution in [0.5, 0.6) is 0 Å². The van der Waals surface area contributed by atoms with Gasteiger partial charge in [0.1, 0.15) is 10.6 Å². The van der Waals surface area contributed by atoms with E-state index in [1.54, 1.807) is 60.1 Å². The van der Waals surface area contributed by atoms with Gasteiger partial charge in [0.05, 0.1) is 0 Å². The van der Waals surface area contributed by atoms with Crippen LogP contribution < -0.4 is 0 Å². The average molecular weight is 339 g/mol. The summed E-state index contributed by atoms with van der Waals surface area (Å²) < 4.78 is 2.12. The molecule has 3 nitrogen and oxygen atoms in total. The summed E-state index contributed by atoms with van der Waals surface area (Å²) in [6, 6.07) is 17.8. The highest BCUT2D eigenvalue weighted by Gasteiger charge is 2.24. The van der Waals surface area contributed by atoms with E-state index in [-0.39, 0.29) is 11.6 Å². The Morgan fingerprint density at radius 1 is 0.870 bits per heavy atom. The van der Waals surface area contributed by atoms with E-state index in [1.807, 2.05) is 12.1 Å². The minimum atomic E-state index is -0.195. The molecule has 114 valence electrons. The van der Waals surface area contributed by atoms with E-state index in [4.69, 9.17) is 12.2 Å². The molecule has 0 fully saturated rings. The number of ketones is 2. The minimum Gasteiger partial charge on any atom is -0.323 e. The number of carbonyl (C=O) groups is 2. The van der Waals surface area contributed by atoms with Crippen molar-refractivity contribution in [2.24, 2.45) is 7.05 Å². The molecule has 0 bridgehead atoms. The molecule has 0 N–H and O–H groups in total. The Morgan fingerprint density at radius 3 is 1.87 bits per heavy atom. The molecule has 0 saturated heterocycles. The number of rotatable bonds is 4. The van der Waals surface area contributed by atoms with E-state index < -0.39 is 0 Å². The van der Waals surface area contributed by atoms with Gasteiger partial charge >= 0.3 is 0 Å². The fraction of sp³-hybridized carbons (Fsp3) is 0.0556. The van der Waals surface area contributed by atoms with Gasteiger partial charge in [-0.05, 0) is 12.2 Å².